The van der Waals surface area contributed by atoms with Crippen LogP contribution >= 0.6 is 0 Å². The highest BCUT2D eigenvalue weighted by atomic mass is 16.3. The van der Waals surface area contributed by atoms with Gasteiger partial charge in [0.15, 0.2) is 0 Å². The average Bonchev–Trinajstić information content (AvgIpc) is 1.95. The molecule has 1 aliphatic carbocycles. The molecule has 2 nitrogen and oxygen atoms in total. The molecule has 1 rings (SSSR count). The lowest BCUT2D eigenvalue weighted by atomic mass is 9.88. The van der Waals surface area contributed by atoms with Crippen LogP contribution < -0.4 is 0 Å². The fourth-order valence-electron chi connectivity index (χ4n) is 1.42. The largest absolute Gasteiger partial charge is 0.516 e. The van der Waals surface area contributed by atoms with Crippen molar-refractivity contribution in [3.05, 3.63) is 12.3 Å². The minimum absolute atomic E-state index is 0.0941. The first-order valence-corrected chi connectivity index (χ1v) is 3.82. The average molecular weight is 142 g/mol. The molecule has 0 heterocycles. The second-order valence-electron chi connectivity index (χ2n) is 2.91. The summed E-state index contributed by atoms with van der Waals surface area (Å²) in [5.74, 6) is 0.494. The summed E-state index contributed by atoms with van der Waals surface area (Å²) in [6, 6.07) is 0. The second kappa shape index (κ2) is 3.62. The van der Waals surface area contributed by atoms with Crippen molar-refractivity contribution in [1.29, 1.82) is 0 Å². The van der Waals surface area contributed by atoms with Gasteiger partial charge in [-0.05, 0) is 37.7 Å². The van der Waals surface area contributed by atoms with Gasteiger partial charge >= 0.3 is 0 Å². The molecule has 0 saturated heterocycles. The standard InChI is InChI=1S/C8H14O2/c9-6-5-7-1-3-8(10)4-2-7/h5-10H,1-4H2/b6-5+. The van der Waals surface area contributed by atoms with Crippen molar-refractivity contribution in [3.63, 3.8) is 0 Å². The van der Waals surface area contributed by atoms with Crippen molar-refractivity contribution in [3.8, 4) is 0 Å². The monoisotopic (exact) mass is 142 g/mol. The molecule has 58 valence electrons. The van der Waals surface area contributed by atoms with E-state index in [1.807, 2.05) is 6.08 Å². The SMILES string of the molecule is O/C=C/C1CCC(O)CC1. The van der Waals surface area contributed by atoms with Crippen molar-refractivity contribution in [2.45, 2.75) is 31.8 Å². The minimum Gasteiger partial charge on any atom is -0.516 e. The summed E-state index contributed by atoms with van der Waals surface area (Å²) in [5, 5.41) is 17.5. The molecular weight excluding hydrogens is 128 g/mol. The number of hydrogen-bond donors (Lipinski definition) is 2. The topological polar surface area (TPSA) is 40.5 Å². The zero-order valence-corrected chi connectivity index (χ0v) is 6.03. The first-order valence-electron chi connectivity index (χ1n) is 3.82. The van der Waals surface area contributed by atoms with E-state index in [-0.39, 0.29) is 6.10 Å². The third kappa shape index (κ3) is 2.03. The van der Waals surface area contributed by atoms with Gasteiger partial charge in [-0.25, -0.2) is 0 Å². The molecule has 0 unspecified atom stereocenters. The van der Waals surface area contributed by atoms with Crippen LogP contribution in [-0.4, -0.2) is 16.3 Å². The zero-order chi connectivity index (χ0) is 7.40. The number of aliphatic hydroxyl groups excluding tert-OH is 2. The Bertz CT molecular complexity index is 112. The predicted octanol–water partition coefficient (Wildman–Crippen LogP) is 1.61. The van der Waals surface area contributed by atoms with Gasteiger partial charge in [-0.1, -0.05) is 0 Å². The van der Waals surface area contributed by atoms with E-state index < -0.39 is 0 Å². The summed E-state index contributed by atoms with van der Waals surface area (Å²) in [5.41, 5.74) is 0. The van der Waals surface area contributed by atoms with E-state index in [0.717, 1.165) is 31.9 Å². The Balaban J connectivity index is 2.26. The van der Waals surface area contributed by atoms with Gasteiger partial charge in [0, 0.05) is 0 Å². The van der Waals surface area contributed by atoms with Crippen molar-refractivity contribution in [1.82, 2.24) is 0 Å². The number of rotatable bonds is 1. The second-order valence-corrected chi connectivity index (χ2v) is 2.91. The molecular formula is C8H14O2. The fourth-order valence-corrected chi connectivity index (χ4v) is 1.42. The highest BCUT2D eigenvalue weighted by Gasteiger charge is 2.16. The van der Waals surface area contributed by atoms with E-state index >= 15 is 0 Å². The van der Waals surface area contributed by atoms with Crippen molar-refractivity contribution < 1.29 is 10.2 Å². The molecule has 0 atom stereocenters. The van der Waals surface area contributed by atoms with Gasteiger partial charge in [0.1, 0.15) is 0 Å². The van der Waals surface area contributed by atoms with E-state index in [2.05, 4.69) is 0 Å². The first-order chi connectivity index (χ1) is 4.83. The summed E-state index contributed by atoms with van der Waals surface area (Å²) < 4.78 is 0. The molecule has 1 saturated carbocycles. The van der Waals surface area contributed by atoms with Crippen LogP contribution in [0, 0.1) is 5.92 Å². The van der Waals surface area contributed by atoms with Gasteiger partial charge < -0.3 is 10.2 Å². The van der Waals surface area contributed by atoms with Crippen LogP contribution in [0.5, 0.6) is 0 Å². The van der Waals surface area contributed by atoms with Gasteiger partial charge in [0.25, 0.3) is 0 Å². The van der Waals surface area contributed by atoms with Crippen LogP contribution in [-0.2, 0) is 0 Å². The predicted molar refractivity (Wildman–Crippen MR) is 39.7 cm³/mol. The summed E-state index contributed by atoms with van der Waals surface area (Å²) in [6.07, 6.45) is 6.62. The third-order valence-corrected chi connectivity index (χ3v) is 2.10. The highest BCUT2D eigenvalue weighted by Crippen LogP contribution is 2.24. The Morgan fingerprint density at radius 2 is 1.70 bits per heavy atom. The molecule has 0 aromatic carbocycles. The fraction of sp³-hybridized carbons (Fsp3) is 0.750. The van der Waals surface area contributed by atoms with E-state index in [9.17, 15) is 0 Å². The van der Waals surface area contributed by atoms with Crippen LogP contribution in [0.1, 0.15) is 25.7 Å². The maximum Gasteiger partial charge on any atom is 0.0754 e. The number of hydrogen-bond acceptors (Lipinski definition) is 2. The van der Waals surface area contributed by atoms with Crippen molar-refractivity contribution in [2.75, 3.05) is 0 Å². The van der Waals surface area contributed by atoms with E-state index in [1.165, 1.54) is 0 Å². The molecule has 0 aromatic rings. The van der Waals surface area contributed by atoms with Gasteiger partial charge in [0.2, 0.25) is 0 Å². The van der Waals surface area contributed by atoms with Gasteiger partial charge in [-0.3, -0.25) is 0 Å². The Morgan fingerprint density at radius 1 is 1.10 bits per heavy atom. The van der Waals surface area contributed by atoms with Crippen LogP contribution in [0.25, 0.3) is 0 Å². The zero-order valence-electron chi connectivity index (χ0n) is 6.03. The molecule has 2 N–H and O–H groups in total. The Kier molecular flexibility index (Phi) is 2.75. The Labute approximate surface area is 61.2 Å². The lowest BCUT2D eigenvalue weighted by molar-refractivity contribution is 0.117. The molecule has 0 radical (unpaired) electrons. The summed E-state index contributed by atoms with van der Waals surface area (Å²) in [7, 11) is 0. The van der Waals surface area contributed by atoms with E-state index in [4.69, 9.17) is 10.2 Å². The molecule has 2 heteroatoms. The van der Waals surface area contributed by atoms with Gasteiger partial charge in [-0.2, -0.15) is 0 Å². The maximum absolute atomic E-state index is 9.11. The minimum atomic E-state index is -0.0941. The third-order valence-electron chi connectivity index (χ3n) is 2.10. The first kappa shape index (κ1) is 7.61. The number of allylic oxidation sites excluding steroid dienone is 1. The summed E-state index contributed by atoms with van der Waals surface area (Å²) in [6.45, 7) is 0. The lowest BCUT2D eigenvalue weighted by Gasteiger charge is -2.22. The van der Waals surface area contributed by atoms with Crippen molar-refractivity contribution >= 4 is 0 Å². The summed E-state index contributed by atoms with van der Waals surface area (Å²) >= 11 is 0. The molecule has 1 fully saturated rings. The quantitative estimate of drug-likeness (QED) is 0.546. The van der Waals surface area contributed by atoms with E-state index in [0.29, 0.717) is 5.92 Å². The molecule has 0 bridgehead atoms. The number of aliphatic hydroxyl groups is 2. The van der Waals surface area contributed by atoms with Gasteiger partial charge in [-0.15, -0.1) is 0 Å². The lowest BCUT2D eigenvalue weighted by Crippen LogP contribution is -2.16. The van der Waals surface area contributed by atoms with Crippen LogP contribution in [0.3, 0.4) is 0 Å². The van der Waals surface area contributed by atoms with Gasteiger partial charge in [0.05, 0.1) is 12.4 Å². The summed E-state index contributed by atoms with van der Waals surface area (Å²) in [4.78, 5) is 0. The van der Waals surface area contributed by atoms with E-state index in [1.54, 1.807) is 0 Å². The van der Waals surface area contributed by atoms with Crippen LogP contribution in [0.15, 0.2) is 12.3 Å². The smallest absolute Gasteiger partial charge is 0.0754 e. The molecule has 10 heavy (non-hydrogen) atoms. The molecule has 1 aliphatic rings. The maximum atomic E-state index is 9.11. The normalized spacial score (nSPS) is 34.9. The molecule has 0 spiro atoms. The molecule has 0 aliphatic heterocycles. The molecule has 0 amide bonds. The highest BCUT2D eigenvalue weighted by molar-refractivity contribution is 4.86. The van der Waals surface area contributed by atoms with Crippen molar-refractivity contribution in [2.24, 2.45) is 5.92 Å². The Hall–Kier alpha value is -0.500. The Morgan fingerprint density at radius 3 is 2.20 bits per heavy atom. The molecule has 0 aromatic heterocycles. The van der Waals surface area contributed by atoms with Crippen LogP contribution in [0.2, 0.25) is 0 Å². The van der Waals surface area contributed by atoms with Crippen LogP contribution in [0.4, 0.5) is 0 Å².